The van der Waals surface area contributed by atoms with Gasteiger partial charge in [-0.2, -0.15) is 0 Å². The first-order valence-corrected chi connectivity index (χ1v) is 8.99. The van der Waals surface area contributed by atoms with Gasteiger partial charge in [-0.25, -0.2) is 19.9 Å². The molecule has 3 aromatic rings. The molecular formula is C18H21N7. The lowest BCUT2D eigenvalue weighted by Gasteiger charge is -2.34. The maximum atomic E-state index is 4.70. The van der Waals surface area contributed by atoms with Crippen molar-refractivity contribution in [2.45, 2.75) is 37.6 Å². The Morgan fingerprint density at radius 1 is 1.12 bits per heavy atom. The molecule has 7 nitrogen and oxygen atoms in total. The van der Waals surface area contributed by atoms with E-state index in [9.17, 15) is 0 Å². The van der Waals surface area contributed by atoms with Gasteiger partial charge in [0.05, 0.1) is 5.39 Å². The van der Waals surface area contributed by atoms with Gasteiger partial charge in [-0.05, 0) is 37.8 Å². The third kappa shape index (κ3) is 2.90. The Morgan fingerprint density at radius 3 is 3.00 bits per heavy atom. The van der Waals surface area contributed by atoms with Crippen LogP contribution in [0.2, 0.25) is 0 Å². The summed E-state index contributed by atoms with van der Waals surface area (Å²) in [5, 5.41) is 4.69. The number of hydrogen-bond acceptors (Lipinski definition) is 6. The van der Waals surface area contributed by atoms with Crippen LogP contribution in [0.3, 0.4) is 0 Å². The summed E-state index contributed by atoms with van der Waals surface area (Å²) in [4.78, 5) is 23.4. The Bertz CT molecular complexity index is 886. The van der Waals surface area contributed by atoms with Crippen LogP contribution >= 0.6 is 0 Å². The van der Waals surface area contributed by atoms with Crippen LogP contribution in [-0.4, -0.2) is 44.1 Å². The van der Waals surface area contributed by atoms with Crippen LogP contribution in [0.25, 0.3) is 11.0 Å². The second kappa shape index (κ2) is 5.98. The number of nitrogens with zero attached hydrogens (tertiary/aromatic N) is 5. The molecule has 1 unspecified atom stereocenters. The third-order valence-electron chi connectivity index (χ3n) is 5.02. The first kappa shape index (κ1) is 14.6. The van der Waals surface area contributed by atoms with Gasteiger partial charge in [0.1, 0.15) is 29.4 Å². The number of aromatic amines is 1. The van der Waals surface area contributed by atoms with Crippen molar-refractivity contribution in [3.05, 3.63) is 36.7 Å². The minimum absolute atomic E-state index is 0.361. The summed E-state index contributed by atoms with van der Waals surface area (Å²) < 4.78 is 0. The van der Waals surface area contributed by atoms with E-state index in [1.54, 1.807) is 6.33 Å². The lowest BCUT2D eigenvalue weighted by atomic mass is 10.1. The fourth-order valence-corrected chi connectivity index (χ4v) is 3.60. The van der Waals surface area contributed by atoms with Crippen molar-refractivity contribution in [3.63, 3.8) is 0 Å². The first-order chi connectivity index (χ1) is 12.4. The molecule has 2 aliphatic rings. The number of rotatable bonds is 4. The number of hydrogen-bond donors (Lipinski definition) is 2. The zero-order valence-electron chi connectivity index (χ0n) is 14.0. The van der Waals surface area contributed by atoms with Crippen LogP contribution in [0.15, 0.2) is 30.9 Å². The average molecular weight is 335 g/mol. The van der Waals surface area contributed by atoms with Crippen molar-refractivity contribution in [2.75, 3.05) is 23.3 Å². The lowest BCUT2D eigenvalue weighted by Crippen LogP contribution is -2.42. The molecule has 0 spiro atoms. The number of H-pyrrole nitrogens is 1. The van der Waals surface area contributed by atoms with Gasteiger partial charge < -0.3 is 15.2 Å². The van der Waals surface area contributed by atoms with Crippen LogP contribution in [-0.2, 0) is 0 Å². The van der Waals surface area contributed by atoms with E-state index in [1.165, 1.54) is 12.8 Å². The molecule has 5 rings (SSSR count). The van der Waals surface area contributed by atoms with E-state index < -0.39 is 0 Å². The highest BCUT2D eigenvalue weighted by Crippen LogP contribution is 2.38. The van der Waals surface area contributed by atoms with E-state index in [-0.39, 0.29) is 0 Å². The van der Waals surface area contributed by atoms with E-state index in [4.69, 9.17) is 4.98 Å². The molecule has 128 valence electrons. The summed E-state index contributed by atoms with van der Waals surface area (Å²) in [5.41, 5.74) is 0.893. The highest BCUT2D eigenvalue weighted by Gasteiger charge is 2.27. The minimum Gasteiger partial charge on any atom is -0.365 e. The van der Waals surface area contributed by atoms with E-state index in [0.29, 0.717) is 12.0 Å². The Kier molecular flexibility index (Phi) is 3.50. The molecule has 4 heterocycles. The fourth-order valence-electron chi connectivity index (χ4n) is 3.60. The molecule has 1 saturated heterocycles. The van der Waals surface area contributed by atoms with Gasteiger partial charge in [0.15, 0.2) is 0 Å². The van der Waals surface area contributed by atoms with Crippen molar-refractivity contribution >= 4 is 22.7 Å². The van der Waals surface area contributed by atoms with Crippen LogP contribution in [0.4, 0.5) is 11.6 Å². The van der Waals surface area contributed by atoms with Gasteiger partial charge in [0, 0.05) is 37.4 Å². The molecule has 3 aromatic heterocycles. The zero-order chi connectivity index (χ0) is 16.6. The molecule has 1 aliphatic carbocycles. The van der Waals surface area contributed by atoms with Gasteiger partial charge >= 0.3 is 0 Å². The molecule has 25 heavy (non-hydrogen) atoms. The molecule has 0 bridgehead atoms. The molecular weight excluding hydrogens is 314 g/mol. The maximum absolute atomic E-state index is 4.70. The van der Waals surface area contributed by atoms with Crippen LogP contribution in [0.1, 0.15) is 37.4 Å². The summed E-state index contributed by atoms with van der Waals surface area (Å²) >= 11 is 0. The molecule has 0 amide bonds. The summed E-state index contributed by atoms with van der Waals surface area (Å²) in [6.45, 7) is 1.94. The van der Waals surface area contributed by atoms with Crippen LogP contribution in [0, 0.1) is 0 Å². The number of piperidine rings is 1. The van der Waals surface area contributed by atoms with Crippen LogP contribution < -0.4 is 10.2 Å². The van der Waals surface area contributed by atoms with Crippen LogP contribution in [0.5, 0.6) is 0 Å². The Morgan fingerprint density at radius 2 is 2.08 bits per heavy atom. The van der Waals surface area contributed by atoms with Gasteiger partial charge in [0.25, 0.3) is 0 Å². The molecule has 0 radical (unpaired) electrons. The van der Waals surface area contributed by atoms with Gasteiger partial charge in [0.2, 0.25) is 0 Å². The Balaban J connectivity index is 1.34. The molecule has 1 saturated carbocycles. The van der Waals surface area contributed by atoms with Gasteiger partial charge in [-0.15, -0.1) is 0 Å². The fraction of sp³-hybridized carbons (Fsp3) is 0.444. The van der Waals surface area contributed by atoms with Crippen molar-refractivity contribution in [2.24, 2.45) is 0 Å². The van der Waals surface area contributed by atoms with E-state index in [0.717, 1.165) is 54.4 Å². The summed E-state index contributed by atoms with van der Waals surface area (Å²) in [6, 6.07) is 4.38. The summed E-state index contributed by atoms with van der Waals surface area (Å²) in [7, 11) is 0. The normalized spacial score (nSPS) is 20.8. The number of anilines is 2. The molecule has 1 atom stereocenters. The average Bonchev–Trinajstić information content (AvgIpc) is 3.39. The largest absolute Gasteiger partial charge is 0.365 e. The lowest BCUT2D eigenvalue weighted by molar-refractivity contribution is 0.526. The van der Waals surface area contributed by atoms with E-state index >= 15 is 0 Å². The van der Waals surface area contributed by atoms with Gasteiger partial charge in [-0.3, -0.25) is 0 Å². The standard InChI is InChI=1S/C18H21N7/c1-2-13(23-15-6-8-19-16(24-15)12-3-4-12)10-25(9-1)18-14-5-7-20-17(14)21-11-22-18/h5-8,11-13H,1-4,9-10H2,(H,19,23,24)(H,20,21,22). The second-order valence-corrected chi connectivity index (χ2v) is 6.94. The zero-order valence-corrected chi connectivity index (χ0v) is 14.0. The number of aromatic nitrogens is 5. The maximum Gasteiger partial charge on any atom is 0.142 e. The topological polar surface area (TPSA) is 82.6 Å². The predicted molar refractivity (Wildman–Crippen MR) is 96.8 cm³/mol. The van der Waals surface area contributed by atoms with Crippen molar-refractivity contribution < 1.29 is 0 Å². The quantitative estimate of drug-likeness (QED) is 0.763. The van der Waals surface area contributed by atoms with Gasteiger partial charge in [-0.1, -0.05) is 0 Å². The second-order valence-electron chi connectivity index (χ2n) is 6.94. The first-order valence-electron chi connectivity index (χ1n) is 8.99. The Hall–Kier alpha value is -2.70. The smallest absolute Gasteiger partial charge is 0.142 e. The van der Waals surface area contributed by atoms with E-state index in [1.807, 2.05) is 24.5 Å². The predicted octanol–water partition coefficient (Wildman–Crippen LogP) is 2.71. The van der Waals surface area contributed by atoms with Crippen molar-refractivity contribution in [1.29, 1.82) is 0 Å². The Labute approximate surface area is 145 Å². The van der Waals surface area contributed by atoms with Crippen molar-refractivity contribution in [1.82, 2.24) is 24.9 Å². The summed E-state index contributed by atoms with van der Waals surface area (Å²) in [6.07, 6.45) is 10.1. The monoisotopic (exact) mass is 335 g/mol. The number of fused-ring (bicyclic) bond motifs is 1. The minimum atomic E-state index is 0.361. The molecule has 0 aromatic carbocycles. The SMILES string of the molecule is c1cc(NC2CCCN(c3ncnc4[nH]ccc34)C2)nc(C2CC2)n1. The number of nitrogens with one attached hydrogen (secondary N) is 2. The third-order valence-corrected chi connectivity index (χ3v) is 5.02. The molecule has 7 heteroatoms. The molecule has 2 N–H and O–H groups in total. The van der Waals surface area contributed by atoms with E-state index in [2.05, 4.69) is 30.2 Å². The molecule has 1 aliphatic heterocycles. The summed E-state index contributed by atoms with van der Waals surface area (Å²) in [5.74, 6) is 3.52. The highest BCUT2D eigenvalue weighted by molar-refractivity contribution is 5.87. The van der Waals surface area contributed by atoms with Crippen molar-refractivity contribution in [3.8, 4) is 0 Å². The highest BCUT2D eigenvalue weighted by atomic mass is 15.2. The molecule has 2 fully saturated rings.